The summed E-state index contributed by atoms with van der Waals surface area (Å²) in [6.45, 7) is 1.54. The van der Waals surface area contributed by atoms with Crippen molar-refractivity contribution in [1.82, 2.24) is 10.3 Å². The zero-order chi connectivity index (χ0) is 11.8. The van der Waals surface area contributed by atoms with Crippen molar-refractivity contribution in [3.8, 4) is 0 Å². The molecule has 0 radical (unpaired) electrons. The summed E-state index contributed by atoms with van der Waals surface area (Å²) in [6.07, 6.45) is 4.41. The van der Waals surface area contributed by atoms with Crippen LogP contribution in [0.2, 0.25) is 0 Å². The molecule has 2 aliphatic heterocycles. The minimum atomic E-state index is -0.624. The molecule has 2 fully saturated rings. The van der Waals surface area contributed by atoms with Crippen LogP contribution in [0.25, 0.3) is 0 Å². The van der Waals surface area contributed by atoms with Crippen molar-refractivity contribution in [2.75, 3.05) is 18.0 Å². The molecule has 0 aliphatic carbocycles. The van der Waals surface area contributed by atoms with E-state index in [2.05, 4.69) is 10.3 Å². The van der Waals surface area contributed by atoms with Crippen LogP contribution in [0.4, 0.5) is 14.6 Å². The van der Waals surface area contributed by atoms with Crippen molar-refractivity contribution >= 4 is 5.82 Å². The summed E-state index contributed by atoms with van der Waals surface area (Å²) >= 11 is 0. The third-order valence-corrected chi connectivity index (χ3v) is 3.61. The maximum absolute atomic E-state index is 13.6. The molecule has 0 amide bonds. The van der Waals surface area contributed by atoms with E-state index in [1.54, 1.807) is 0 Å². The van der Waals surface area contributed by atoms with Crippen LogP contribution in [0.15, 0.2) is 12.3 Å². The Labute approximate surface area is 98.8 Å². The zero-order valence-electron chi connectivity index (χ0n) is 9.50. The number of pyridine rings is 1. The molecule has 1 aromatic rings. The first-order chi connectivity index (χ1) is 8.22. The van der Waals surface area contributed by atoms with Gasteiger partial charge < -0.3 is 10.2 Å². The molecule has 0 spiro atoms. The van der Waals surface area contributed by atoms with E-state index in [1.165, 1.54) is 6.42 Å². The standard InChI is InChI=1S/C12H15F2N3/c13-8-5-11(14)12(15-6-8)17-4-3-9-1-2-10(7-17)16-9/h5-6,9-10,16H,1-4,7H2. The number of nitrogens with zero attached hydrogens (tertiary/aromatic N) is 2. The Morgan fingerprint density at radius 1 is 1.24 bits per heavy atom. The van der Waals surface area contributed by atoms with Gasteiger partial charge in [-0.25, -0.2) is 13.8 Å². The molecule has 2 bridgehead atoms. The number of halogens is 2. The predicted molar refractivity (Wildman–Crippen MR) is 60.9 cm³/mol. The highest BCUT2D eigenvalue weighted by Gasteiger charge is 2.30. The number of hydrogen-bond donors (Lipinski definition) is 1. The number of nitrogens with one attached hydrogen (secondary N) is 1. The van der Waals surface area contributed by atoms with Crippen LogP contribution in [0, 0.1) is 11.6 Å². The van der Waals surface area contributed by atoms with Crippen LogP contribution in [-0.2, 0) is 0 Å². The first-order valence-electron chi connectivity index (χ1n) is 6.04. The van der Waals surface area contributed by atoms with E-state index in [0.29, 0.717) is 12.1 Å². The van der Waals surface area contributed by atoms with E-state index >= 15 is 0 Å². The average molecular weight is 239 g/mol. The summed E-state index contributed by atoms with van der Waals surface area (Å²) < 4.78 is 26.5. The van der Waals surface area contributed by atoms with E-state index in [9.17, 15) is 8.78 Å². The van der Waals surface area contributed by atoms with Crippen molar-refractivity contribution in [1.29, 1.82) is 0 Å². The van der Waals surface area contributed by atoms with Gasteiger partial charge in [0.05, 0.1) is 6.20 Å². The van der Waals surface area contributed by atoms with Gasteiger partial charge >= 0.3 is 0 Å². The third-order valence-electron chi connectivity index (χ3n) is 3.61. The normalized spacial score (nSPS) is 28.2. The number of rotatable bonds is 1. The molecule has 3 rings (SSSR count). The minimum absolute atomic E-state index is 0.278. The minimum Gasteiger partial charge on any atom is -0.353 e. The van der Waals surface area contributed by atoms with Gasteiger partial charge in [-0.05, 0) is 19.3 Å². The molecule has 2 atom stereocenters. The molecular formula is C12H15F2N3. The molecule has 1 N–H and O–H groups in total. The molecule has 2 saturated heterocycles. The number of fused-ring (bicyclic) bond motifs is 2. The maximum atomic E-state index is 13.6. The van der Waals surface area contributed by atoms with E-state index in [4.69, 9.17) is 0 Å². The number of hydrogen-bond acceptors (Lipinski definition) is 3. The monoisotopic (exact) mass is 239 g/mol. The molecule has 3 heterocycles. The van der Waals surface area contributed by atoms with Gasteiger partial charge in [-0.1, -0.05) is 0 Å². The summed E-state index contributed by atoms with van der Waals surface area (Å²) in [5, 5.41) is 3.52. The van der Waals surface area contributed by atoms with Gasteiger partial charge in [-0.2, -0.15) is 0 Å². The Morgan fingerprint density at radius 2 is 2.06 bits per heavy atom. The van der Waals surface area contributed by atoms with Crippen molar-refractivity contribution in [2.45, 2.75) is 31.3 Å². The van der Waals surface area contributed by atoms with Gasteiger partial charge in [0.2, 0.25) is 0 Å². The fraction of sp³-hybridized carbons (Fsp3) is 0.583. The zero-order valence-corrected chi connectivity index (χ0v) is 9.50. The first kappa shape index (κ1) is 10.9. The summed E-state index contributed by atoms with van der Waals surface area (Å²) in [7, 11) is 0. The lowest BCUT2D eigenvalue weighted by Gasteiger charge is -2.25. The lowest BCUT2D eigenvalue weighted by atomic mass is 10.1. The van der Waals surface area contributed by atoms with Gasteiger partial charge in [0.1, 0.15) is 5.82 Å². The van der Waals surface area contributed by atoms with E-state index in [0.717, 1.165) is 38.2 Å². The fourth-order valence-corrected chi connectivity index (χ4v) is 2.78. The SMILES string of the molecule is Fc1cnc(N2CCC3CCC(C2)N3)c(F)c1. The molecule has 5 heteroatoms. The van der Waals surface area contributed by atoms with Crippen molar-refractivity contribution in [3.63, 3.8) is 0 Å². The van der Waals surface area contributed by atoms with Gasteiger partial charge in [0.15, 0.2) is 11.6 Å². The fourth-order valence-electron chi connectivity index (χ4n) is 2.78. The molecule has 2 unspecified atom stereocenters. The lowest BCUT2D eigenvalue weighted by Crippen LogP contribution is -2.36. The third kappa shape index (κ3) is 2.11. The second kappa shape index (κ2) is 4.22. The van der Waals surface area contributed by atoms with Gasteiger partial charge in [-0.3, -0.25) is 0 Å². The van der Waals surface area contributed by atoms with Crippen molar-refractivity contribution < 1.29 is 8.78 Å². The second-order valence-electron chi connectivity index (χ2n) is 4.83. The lowest BCUT2D eigenvalue weighted by molar-refractivity contribution is 0.554. The quantitative estimate of drug-likeness (QED) is 0.808. The Balaban J connectivity index is 1.83. The summed E-state index contributed by atoms with van der Waals surface area (Å²) in [4.78, 5) is 5.80. The van der Waals surface area contributed by atoms with Crippen LogP contribution in [0.3, 0.4) is 0 Å². The van der Waals surface area contributed by atoms with Crippen molar-refractivity contribution in [3.05, 3.63) is 23.9 Å². The smallest absolute Gasteiger partial charge is 0.168 e. The Hall–Kier alpha value is -1.23. The second-order valence-corrected chi connectivity index (χ2v) is 4.83. The van der Waals surface area contributed by atoms with Gasteiger partial charge in [0, 0.05) is 31.2 Å². The topological polar surface area (TPSA) is 28.2 Å². The highest BCUT2D eigenvalue weighted by molar-refractivity contribution is 5.40. The Morgan fingerprint density at radius 3 is 2.88 bits per heavy atom. The Bertz CT molecular complexity index is 424. The van der Waals surface area contributed by atoms with Crippen LogP contribution in [-0.4, -0.2) is 30.2 Å². The number of aromatic nitrogens is 1. The summed E-state index contributed by atoms with van der Waals surface area (Å²) in [6, 6.07) is 1.86. The van der Waals surface area contributed by atoms with Gasteiger partial charge in [0.25, 0.3) is 0 Å². The van der Waals surface area contributed by atoms with Crippen LogP contribution < -0.4 is 10.2 Å². The number of anilines is 1. The van der Waals surface area contributed by atoms with E-state index in [-0.39, 0.29) is 5.82 Å². The van der Waals surface area contributed by atoms with E-state index < -0.39 is 11.6 Å². The van der Waals surface area contributed by atoms with Gasteiger partial charge in [-0.15, -0.1) is 0 Å². The molecule has 0 saturated carbocycles. The first-order valence-corrected chi connectivity index (χ1v) is 6.04. The molecule has 92 valence electrons. The molecule has 3 nitrogen and oxygen atoms in total. The van der Waals surface area contributed by atoms with Crippen molar-refractivity contribution in [2.24, 2.45) is 0 Å². The summed E-state index contributed by atoms with van der Waals surface area (Å²) in [5.41, 5.74) is 0. The van der Waals surface area contributed by atoms with Crippen LogP contribution >= 0.6 is 0 Å². The molecule has 17 heavy (non-hydrogen) atoms. The predicted octanol–water partition coefficient (Wildman–Crippen LogP) is 1.69. The van der Waals surface area contributed by atoms with Crippen LogP contribution in [0.1, 0.15) is 19.3 Å². The molecule has 1 aromatic heterocycles. The molecule has 2 aliphatic rings. The highest BCUT2D eigenvalue weighted by Crippen LogP contribution is 2.25. The largest absolute Gasteiger partial charge is 0.353 e. The highest BCUT2D eigenvalue weighted by atomic mass is 19.1. The average Bonchev–Trinajstić information content (AvgIpc) is 2.60. The Kier molecular flexibility index (Phi) is 2.70. The summed E-state index contributed by atoms with van der Waals surface area (Å²) in [5.74, 6) is -0.913. The van der Waals surface area contributed by atoms with Crippen LogP contribution in [0.5, 0.6) is 0 Å². The van der Waals surface area contributed by atoms with E-state index in [1.807, 2.05) is 4.90 Å². The molecule has 0 aromatic carbocycles. The maximum Gasteiger partial charge on any atom is 0.168 e. The molecular weight excluding hydrogens is 224 g/mol.